The molecular formula is C9H16N2O4. The predicted molar refractivity (Wildman–Crippen MR) is 53.1 cm³/mol. The van der Waals surface area contributed by atoms with Gasteiger partial charge in [0.25, 0.3) is 0 Å². The highest BCUT2D eigenvalue weighted by Gasteiger charge is 2.30. The molecule has 0 aliphatic heterocycles. The Bertz CT molecular complexity index is 286. The number of hydrogen-bond acceptors (Lipinski definition) is 3. The second-order valence-electron chi connectivity index (χ2n) is 3.84. The van der Waals surface area contributed by atoms with E-state index in [1.807, 2.05) is 0 Å². The standard InChI is InChI=1S/C9H16N2O4/c1-5(10-6(2)12)7(13)11-9(3,4)8(14)15/h5H,1-4H3,(H,10,12)(H,11,13)(H,14,15)/t5-/m1/s1. The summed E-state index contributed by atoms with van der Waals surface area (Å²) in [5.74, 6) is -2.01. The Kier molecular flexibility index (Phi) is 4.26. The fourth-order valence-electron chi connectivity index (χ4n) is 0.840. The van der Waals surface area contributed by atoms with E-state index >= 15 is 0 Å². The highest BCUT2D eigenvalue weighted by molar-refractivity contribution is 5.91. The van der Waals surface area contributed by atoms with Crippen LogP contribution in [0.25, 0.3) is 0 Å². The summed E-state index contributed by atoms with van der Waals surface area (Å²) in [7, 11) is 0. The molecule has 0 aliphatic rings. The van der Waals surface area contributed by atoms with Crippen LogP contribution in [-0.4, -0.2) is 34.5 Å². The monoisotopic (exact) mass is 216 g/mol. The zero-order valence-electron chi connectivity index (χ0n) is 9.25. The molecule has 6 nitrogen and oxygen atoms in total. The summed E-state index contributed by atoms with van der Waals surface area (Å²) < 4.78 is 0. The van der Waals surface area contributed by atoms with E-state index in [1.165, 1.54) is 27.7 Å². The first-order chi connectivity index (χ1) is 6.66. The van der Waals surface area contributed by atoms with Crippen molar-refractivity contribution in [2.45, 2.75) is 39.3 Å². The molecule has 1 atom stereocenters. The molecule has 3 N–H and O–H groups in total. The first kappa shape index (κ1) is 13.4. The molecule has 15 heavy (non-hydrogen) atoms. The number of carbonyl (C=O) groups is 3. The van der Waals surface area contributed by atoms with Crippen molar-refractivity contribution >= 4 is 17.8 Å². The Balaban J connectivity index is 4.36. The lowest BCUT2D eigenvalue weighted by atomic mass is 10.1. The van der Waals surface area contributed by atoms with Crippen molar-refractivity contribution < 1.29 is 19.5 Å². The van der Waals surface area contributed by atoms with Gasteiger partial charge in [0.05, 0.1) is 0 Å². The zero-order chi connectivity index (χ0) is 12.2. The van der Waals surface area contributed by atoms with Crippen LogP contribution in [0.15, 0.2) is 0 Å². The molecule has 2 amide bonds. The van der Waals surface area contributed by atoms with Gasteiger partial charge in [0, 0.05) is 6.92 Å². The van der Waals surface area contributed by atoms with E-state index in [0.29, 0.717) is 0 Å². The van der Waals surface area contributed by atoms with Gasteiger partial charge in [0.15, 0.2) is 0 Å². The van der Waals surface area contributed by atoms with E-state index in [2.05, 4.69) is 10.6 Å². The molecule has 0 heterocycles. The molecule has 0 bridgehead atoms. The van der Waals surface area contributed by atoms with Crippen molar-refractivity contribution in [2.24, 2.45) is 0 Å². The Morgan fingerprint density at radius 3 is 2.07 bits per heavy atom. The second-order valence-corrected chi connectivity index (χ2v) is 3.84. The average molecular weight is 216 g/mol. The minimum Gasteiger partial charge on any atom is -0.480 e. The maximum atomic E-state index is 11.4. The number of hydrogen-bond donors (Lipinski definition) is 3. The zero-order valence-corrected chi connectivity index (χ0v) is 9.25. The number of aliphatic carboxylic acids is 1. The summed E-state index contributed by atoms with van der Waals surface area (Å²) in [6.45, 7) is 5.50. The molecule has 0 saturated heterocycles. The number of carboxylic acid groups (broad SMARTS) is 1. The maximum absolute atomic E-state index is 11.4. The van der Waals surface area contributed by atoms with E-state index in [4.69, 9.17) is 5.11 Å². The van der Waals surface area contributed by atoms with Crippen molar-refractivity contribution in [3.05, 3.63) is 0 Å². The Labute approximate surface area is 88.0 Å². The molecule has 0 aromatic rings. The molecule has 0 spiro atoms. The molecule has 0 aromatic heterocycles. The number of rotatable bonds is 4. The van der Waals surface area contributed by atoms with E-state index < -0.39 is 23.5 Å². The minimum absolute atomic E-state index is 0.342. The van der Waals surface area contributed by atoms with Crippen molar-refractivity contribution in [1.82, 2.24) is 10.6 Å². The van der Waals surface area contributed by atoms with Crippen LogP contribution in [0.3, 0.4) is 0 Å². The third kappa shape index (κ3) is 4.44. The Morgan fingerprint density at radius 2 is 1.73 bits per heavy atom. The summed E-state index contributed by atoms with van der Waals surface area (Å²) in [6.07, 6.45) is 0. The van der Waals surface area contributed by atoms with Crippen LogP contribution in [0.5, 0.6) is 0 Å². The van der Waals surface area contributed by atoms with Crippen LogP contribution in [-0.2, 0) is 14.4 Å². The van der Waals surface area contributed by atoms with E-state index in [1.54, 1.807) is 0 Å². The smallest absolute Gasteiger partial charge is 0.328 e. The molecule has 0 radical (unpaired) electrons. The van der Waals surface area contributed by atoms with Gasteiger partial charge in [-0.15, -0.1) is 0 Å². The molecule has 0 unspecified atom stereocenters. The molecule has 0 saturated carbocycles. The quantitative estimate of drug-likeness (QED) is 0.589. The van der Waals surface area contributed by atoms with Crippen LogP contribution in [0.4, 0.5) is 0 Å². The summed E-state index contributed by atoms with van der Waals surface area (Å²) in [5, 5.41) is 13.4. The van der Waals surface area contributed by atoms with Crippen molar-refractivity contribution in [3.63, 3.8) is 0 Å². The van der Waals surface area contributed by atoms with Crippen LogP contribution in [0, 0.1) is 0 Å². The van der Waals surface area contributed by atoms with Gasteiger partial charge in [0.2, 0.25) is 11.8 Å². The molecule has 0 aliphatic carbocycles. The second kappa shape index (κ2) is 4.77. The summed E-state index contributed by atoms with van der Waals surface area (Å²) in [5.41, 5.74) is -1.34. The highest BCUT2D eigenvalue weighted by Crippen LogP contribution is 2.02. The predicted octanol–water partition coefficient (Wildman–Crippen LogP) is -0.510. The molecular weight excluding hydrogens is 200 g/mol. The lowest BCUT2D eigenvalue weighted by molar-refractivity contribution is -0.146. The molecule has 6 heteroatoms. The average Bonchev–Trinajstić information content (AvgIpc) is 2.01. The highest BCUT2D eigenvalue weighted by atomic mass is 16.4. The number of carboxylic acids is 1. The molecule has 0 rings (SSSR count). The summed E-state index contributed by atoms with van der Waals surface area (Å²) in [4.78, 5) is 32.8. The Morgan fingerprint density at radius 1 is 1.27 bits per heavy atom. The van der Waals surface area contributed by atoms with Gasteiger partial charge in [-0.25, -0.2) is 4.79 Å². The number of nitrogens with one attached hydrogen (secondary N) is 2. The van der Waals surface area contributed by atoms with E-state index in [0.717, 1.165) is 0 Å². The summed E-state index contributed by atoms with van der Waals surface area (Å²) >= 11 is 0. The van der Waals surface area contributed by atoms with Gasteiger partial charge in [-0.05, 0) is 20.8 Å². The van der Waals surface area contributed by atoms with Gasteiger partial charge in [-0.3, -0.25) is 9.59 Å². The minimum atomic E-state index is -1.34. The third-order valence-corrected chi connectivity index (χ3v) is 1.78. The van der Waals surface area contributed by atoms with Crippen LogP contribution < -0.4 is 10.6 Å². The maximum Gasteiger partial charge on any atom is 0.328 e. The van der Waals surface area contributed by atoms with Gasteiger partial charge in [0.1, 0.15) is 11.6 Å². The van der Waals surface area contributed by atoms with Gasteiger partial charge in [-0.2, -0.15) is 0 Å². The fourth-order valence-corrected chi connectivity index (χ4v) is 0.840. The van der Waals surface area contributed by atoms with Gasteiger partial charge < -0.3 is 15.7 Å². The van der Waals surface area contributed by atoms with Crippen LogP contribution >= 0.6 is 0 Å². The van der Waals surface area contributed by atoms with Gasteiger partial charge >= 0.3 is 5.97 Å². The topological polar surface area (TPSA) is 95.5 Å². The normalized spacial score (nSPS) is 12.8. The first-order valence-corrected chi connectivity index (χ1v) is 4.49. The molecule has 0 aromatic carbocycles. The fraction of sp³-hybridized carbons (Fsp3) is 0.667. The SMILES string of the molecule is CC(=O)N[C@H](C)C(=O)NC(C)(C)C(=O)O. The number of carbonyl (C=O) groups excluding carboxylic acids is 2. The first-order valence-electron chi connectivity index (χ1n) is 4.49. The lowest BCUT2D eigenvalue weighted by Crippen LogP contribution is -2.55. The third-order valence-electron chi connectivity index (χ3n) is 1.78. The summed E-state index contributed by atoms with van der Waals surface area (Å²) in [6, 6.07) is -0.749. The largest absolute Gasteiger partial charge is 0.480 e. The van der Waals surface area contributed by atoms with Gasteiger partial charge in [-0.1, -0.05) is 0 Å². The van der Waals surface area contributed by atoms with Crippen molar-refractivity contribution in [2.75, 3.05) is 0 Å². The van der Waals surface area contributed by atoms with Crippen LogP contribution in [0.2, 0.25) is 0 Å². The van der Waals surface area contributed by atoms with Crippen molar-refractivity contribution in [3.8, 4) is 0 Å². The van der Waals surface area contributed by atoms with Crippen molar-refractivity contribution in [1.29, 1.82) is 0 Å². The lowest BCUT2D eigenvalue weighted by Gasteiger charge is -2.23. The van der Waals surface area contributed by atoms with E-state index in [-0.39, 0.29) is 5.91 Å². The van der Waals surface area contributed by atoms with E-state index in [9.17, 15) is 14.4 Å². The Hall–Kier alpha value is -1.59. The molecule has 86 valence electrons. The van der Waals surface area contributed by atoms with Crippen LogP contribution in [0.1, 0.15) is 27.7 Å². The number of amides is 2. The molecule has 0 fully saturated rings.